The van der Waals surface area contributed by atoms with Crippen LogP contribution in [0.5, 0.6) is 5.75 Å². The fraction of sp³-hybridized carbons (Fsp3) is 0.579. The quantitative estimate of drug-likeness (QED) is 0.875. The lowest BCUT2D eigenvalue weighted by atomic mass is 9.78. The van der Waals surface area contributed by atoms with Gasteiger partial charge in [-0.05, 0) is 35.0 Å². The van der Waals surface area contributed by atoms with E-state index in [1.165, 1.54) is 11.1 Å². The van der Waals surface area contributed by atoms with E-state index in [2.05, 4.69) is 53.7 Å². The minimum absolute atomic E-state index is 0.000841. The normalized spacial score (nSPS) is 13.5. The van der Waals surface area contributed by atoms with Crippen LogP contribution in [0.1, 0.15) is 65.2 Å². The molecule has 1 rings (SSSR count). The Balaban J connectivity index is 3.73. The Bertz CT molecular complexity index is 526. The summed E-state index contributed by atoms with van der Waals surface area (Å²) in [5, 5.41) is 9.20. The van der Waals surface area contributed by atoms with Gasteiger partial charge in [0, 0.05) is 11.1 Å². The van der Waals surface area contributed by atoms with Gasteiger partial charge in [0.1, 0.15) is 5.75 Å². The molecule has 0 spiro atoms. The molecular formula is C19H30O2. The average molecular weight is 290 g/mol. The summed E-state index contributed by atoms with van der Waals surface area (Å²) in [6, 6.07) is 4.45. The predicted octanol–water partition coefficient (Wildman–Crippen LogP) is 4.69. The Labute approximate surface area is 129 Å². The number of benzene rings is 1. The van der Waals surface area contributed by atoms with Crippen LogP contribution in [0.4, 0.5) is 0 Å². The highest BCUT2D eigenvalue weighted by atomic mass is 16.5. The van der Waals surface area contributed by atoms with Crippen LogP contribution in [0.25, 0.3) is 5.57 Å². The molecule has 21 heavy (non-hydrogen) atoms. The summed E-state index contributed by atoms with van der Waals surface area (Å²) in [5.41, 5.74) is 4.68. The summed E-state index contributed by atoms with van der Waals surface area (Å²) in [7, 11) is 1.72. The molecule has 0 fully saturated rings. The second kappa shape index (κ2) is 6.23. The Kier molecular flexibility index (Phi) is 5.27. The Morgan fingerprint density at radius 2 is 1.67 bits per heavy atom. The van der Waals surface area contributed by atoms with Crippen molar-refractivity contribution in [3.63, 3.8) is 0 Å². The van der Waals surface area contributed by atoms with E-state index >= 15 is 0 Å². The second-order valence-electron chi connectivity index (χ2n) is 7.67. The Morgan fingerprint density at radius 1 is 1.10 bits per heavy atom. The van der Waals surface area contributed by atoms with Gasteiger partial charge in [-0.1, -0.05) is 53.7 Å². The number of hydrogen-bond acceptors (Lipinski definition) is 2. The zero-order valence-corrected chi connectivity index (χ0v) is 14.8. The second-order valence-corrected chi connectivity index (χ2v) is 7.67. The van der Waals surface area contributed by atoms with E-state index in [0.29, 0.717) is 0 Å². The number of methoxy groups -OCH3 is 1. The third kappa shape index (κ3) is 4.10. The maximum absolute atomic E-state index is 9.20. The van der Waals surface area contributed by atoms with Crippen LogP contribution in [0.3, 0.4) is 0 Å². The number of rotatable bonds is 3. The molecule has 2 heteroatoms. The standard InChI is InChI=1S/C19H30O2/c1-13(9-10-20)15-11-14(18(2,3)4)12-16(17(15)21-8)19(5,6)7/h9,11-12,20H,10H2,1-8H3/b13-9-. The van der Waals surface area contributed by atoms with Crippen LogP contribution in [-0.2, 0) is 10.8 Å². The SMILES string of the molecule is COc1c(/C(C)=C\CO)cc(C(C)(C)C)cc1C(C)(C)C. The van der Waals surface area contributed by atoms with Crippen LogP contribution < -0.4 is 4.74 Å². The van der Waals surface area contributed by atoms with Gasteiger partial charge in [0.25, 0.3) is 0 Å². The highest BCUT2D eigenvalue weighted by molar-refractivity contribution is 5.72. The van der Waals surface area contributed by atoms with Gasteiger partial charge in [0.05, 0.1) is 13.7 Å². The van der Waals surface area contributed by atoms with Gasteiger partial charge in [-0.3, -0.25) is 0 Å². The number of ether oxygens (including phenoxy) is 1. The van der Waals surface area contributed by atoms with E-state index in [9.17, 15) is 5.11 Å². The number of aliphatic hydroxyl groups excluding tert-OH is 1. The fourth-order valence-electron chi connectivity index (χ4n) is 2.38. The molecule has 118 valence electrons. The smallest absolute Gasteiger partial charge is 0.130 e. The molecular weight excluding hydrogens is 260 g/mol. The molecule has 2 nitrogen and oxygen atoms in total. The van der Waals surface area contributed by atoms with Gasteiger partial charge in [-0.15, -0.1) is 0 Å². The van der Waals surface area contributed by atoms with E-state index in [0.717, 1.165) is 16.9 Å². The van der Waals surface area contributed by atoms with Crippen molar-refractivity contribution in [1.29, 1.82) is 0 Å². The average Bonchev–Trinajstić information content (AvgIpc) is 2.35. The van der Waals surface area contributed by atoms with Gasteiger partial charge in [-0.2, -0.15) is 0 Å². The number of allylic oxidation sites excluding steroid dienone is 1. The van der Waals surface area contributed by atoms with Crippen molar-refractivity contribution < 1.29 is 9.84 Å². The van der Waals surface area contributed by atoms with Crippen molar-refractivity contribution in [2.24, 2.45) is 0 Å². The molecule has 0 radical (unpaired) electrons. The zero-order chi connectivity index (χ0) is 16.4. The Hall–Kier alpha value is -1.28. The first-order valence-electron chi connectivity index (χ1n) is 7.53. The molecule has 0 aliphatic rings. The van der Waals surface area contributed by atoms with Crippen LogP contribution in [0.15, 0.2) is 18.2 Å². The third-order valence-corrected chi connectivity index (χ3v) is 3.79. The molecule has 0 heterocycles. The lowest BCUT2D eigenvalue weighted by Gasteiger charge is -2.29. The molecule has 0 bridgehead atoms. The summed E-state index contributed by atoms with van der Waals surface area (Å²) in [4.78, 5) is 0. The van der Waals surface area contributed by atoms with E-state index in [4.69, 9.17) is 4.74 Å². The van der Waals surface area contributed by atoms with Crippen molar-refractivity contribution >= 4 is 5.57 Å². The summed E-state index contributed by atoms with van der Waals surface area (Å²) in [5.74, 6) is 0.915. The van der Waals surface area contributed by atoms with Gasteiger partial charge >= 0.3 is 0 Å². The summed E-state index contributed by atoms with van der Waals surface area (Å²) in [6.07, 6.45) is 1.83. The summed E-state index contributed by atoms with van der Waals surface area (Å²) in [6.45, 7) is 15.3. The maximum Gasteiger partial charge on any atom is 0.130 e. The van der Waals surface area contributed by atoms with E-state index < -0.39 is 0 Å². The van der Waals surface area contributed by atoms with Gasteiger partial charge < -0.3 is 9.84 Å². The van der Waals surface area contributed by atoms with Crippen LogP contribution in [0.2, 0.25) is 0 Å². The monoisotopic (exact) mass is 290 g/mol. The van der Waals surface area contributed by atoms with Crippen LogP contribution in [-0.4, -0.2) is 18.8 Å². The first kappa shape index (κ1) is 17.8. The molecule has 0 saturated carbocycles. The predicted molar refractivity (Wildman–Crippen MR) is 91.1 cm³/mol. The molecule has 0 aromatic heterocycles. The van der Waals surface area contributed by atoms with E-state index in [1.807, 2.05) is 13.0 Å². The number of aliphatic hydroxyl groups is 1. The first-order chi connectivity index (χ1) is 9.52. The molecule has 0 aliphatic carbocycles. The van der Waals surface area contributed by atoms with E-state index in [-0.39, 0.29) is 17.4 Å². The molecule has 1 aromatic carbocycles. The fourth-order valence-corrected chi connectivity index (χ4v) is 2.38. The molecule has 0 atom stereocenters. The van der Waals surface area contributed by atoms with Crippen molar-refractivity contribution in [3.8, 4) is 5.75 Å². The molecule has 1 aromatic rings. The van der Waals surface area contributed by atoms with Gasteiger partial charge in [0.2, 0.25) is 0 Å². The lowest BCUT2D eigenvalue weighted by molar-refractivity contribution is 0.343. The number of hydrogen-bond donors (Lipinski definition) is 1. The van der Waals surface area contributed by atoms with Gasteiger partial charge in [-0.25, -0.2) is 0 Å². The summed E-state index contributed by atoms with van der Waals surface area (Å²) >= 11 is 0. The molecule has 0 amide bonds. The van der Waals surface area contributed by atoms with Crippen LogP contribution >= 0.6 is 0 Å². The third-order valence-electron chi connectivity index (χ3n) is 3.79. The highest BCUT2D eigenvalue weighted by Gasteiger charge is 2.25. The van der Waals surface area contributed by atoms with Crippen molar-refractivity contribution in [1.82, 2.24) is 0 Å². The van der Waals surface area contributed by atoms with Crippen molar-refractivity contribution in [2.75, 3.05) is 13.7 Å². The minimum atomic E-state index is 0.000841. The first-order valence-corrected chi connectivity index (χ1v) is 7.53. The highest BCUT2D eigenvalue weighted by Crippen LogP contribution is 2.40. The van der Waals surface area contributed by atoms with Crippen molar-refractivity contribution in [2.45, 2.75) is 59.3 Å². The van der Waals surface area contributed by atoms with Gasteiger partial charge in [0.15, 0.2) is 0 Å². The van der Waals surface area contributed by atoms with E-state index in [1.54, 1.807) is 7.11 Å². The molecule has 0 aliphatic heterocycles. The maximum atomic E-state index is 9.20. The lowest BCUT2D eigenvalue weighted by Crippen LogP contribution is -2.18. The Morgan fingerprint density at radius 3 is 2.05 bits per heavy atom. The minimum Gasteiger partial charge on any atom is -0.496 e. The largest absolute Gasteiger partial charge is 0.496 e. The topological polar surface area (TPSA) is 29.5 Å². The van der Waals surface area contributed by atoms with Crippen molar-refractivity contribution in [3.05, 3.63) is 34.9 Å². The molecule has 0 saturated heterocycles. The zero-order valence-electron chi connectivity index (χ0n) is 14.8. The van der Waals surface area contributed by atoms with Crippen LogP contribution in [0, 0.1) is 0 Å². The summed E-state index contributed by atoms with van der Waals surface area (Å²) < 4.78 is 5.72. The molecule has 1 N–H and O–H groups in total. The molecule has 0 unspecified atom stereocenters.